The number of rotatable bonds is 7. The maximum atomic E-state index is 14.6. The Morgan fingerprint density at radius 1 is 0.909 bits per heavy atom. The summed E-state index contributed by atoms with van der Waals surface area (Å²) in [5.74, 6) is -7.36. The van der Waals surface area contributed by atoms with E-state index in [0.29, 0.717) is 12.1 Å². The van der Waals surface area contributed by atoms with Gasteiger partial charge in [0.05, 0.1) is 0 Å². The zero-order valence-corrected chi connectivity index (χ0v) is 17.7. The number of ether oxygens (including phenoxy) is 2. The third-order valence-electron chi connectivity index (χ3n) is 3.89. The van der Waals surface area contributed by atoms with Gasteiger partial charge in [0.25, 0.3) is 5.91 Å². The number of urea groups is 1. The molecule has 0 radical (unpaired) electrons. The first-order valence-electron chi connectivity index (χ1n) is 8.71. The Labute approximate surface area is 186 Å². The number of imide groups is 1. The van der Waals surface area contributed by atoms with Crippen LogP contribution in [0.15, 0.2) is 35.2 Å². The van der Waals surface area contributed by atoms with E-state index in [4.69, 9.17) is 9.47 Å². The normalized spacial score (nSPS) is 11.4. The predicted molar refractivity (Wildman–Crippen MR) is 102 cm³/mol. The molecular weight excluding hydrogens is 485 g/mol. The molecule has 0 fully saturated rings. The molecule has 0 spiro atoms. The molecule has 2 aromatic rings. The number of carbonyl (C=O) groups is 2. The minimum Gasteiger partial charge on any atom is -0.364 e. The molecule has 33 heavy (non-hydrogen) atoms. The van der Waals surface area contributed by atoms with Crippen molar-refractivity contribution in [1.82, 2.24) is 4.90 Å². The van der Waals surface area contributed by atoms with Crippen molar-refractivity contribution in [2.75, 3.05) is 32.6 Å². The number of hydrogen-bond donors (Lipinski definition) is 0. The van der Waals surface area contributed by atoms with Crippen LogP contribution in [-0.4, -0.2) is 50.0 Å². The molecule has 0 unspecified atom stereocenters. The molecule has 0 saturated carbocycles. The number of methoxy groups -OCH3 is 2. The van der Waals surface area contributed by atoms with Crippen LogP contribution in [0.3, 0.4) is 0 Å². The van der Waals surface area contributed by atoms with Gasteiger partial charge in [0.2, 0.25) is 0 Å². The van der Waals surface area contributed by atoms with Gasteiger partial charge in [0, 0.05) is 19.1 Å². The molecule has 2 aromatic carbocycles. The summed E-state index contributed by atoms with van der Waals surface area (Å²) in [5.41, 5.74) is -7.14. The number of thioether (sulfide) groups is 1. The number of carbonyl (C=O) groups excluding carboxylic acids is 2. The van der Waals surface area contributed by atoms with Crippen LogP contribution in [0.1, 0.15) is 10.4 Å². The lowest BCUT2D eigenvalue weighted by atomic mass is 10.1. The summed E-state index contributed by atoms with van der Waals surface area (Å²) in [5, 5.41) is 0. The molecule has 2 rings (SSSR count). The Hall–Kier alpha value is -2.84. The summed E-state index contributed by atoms with van der Waals surface area (Å²) < 4.78 is 104. The number of alkyl halides is 3. The lowest BCUT2D eigenvalue weighted by Crippen LogP contribution is -2.49. The van der Waals surface area contributed by atoms with Gasteiger partial charge >= 0.3 is 11.5 Å². The highest BCUT2D eigenvalue weighted by molar-refractivity contribution is 8.00. The quantitative estimate of drug-likeness (QED) is 0.300. The number of anilines is 1. The second-order valence-electron chi connectivity index (χ2n) is 6.16. The van der Waals surface area contributed by atoms with Crippen molar-refractivity contribution in [1.29, 1.82) is 0 Å². The summed E-state index contributed by atoms with van der Waals surface area (Å²) >= 11 is -0.792. The molecule has 0 atom stereocenters. The van der Waals surface area contributed by atoms with Crippen molar-refractivity contribution < 1.29 is 49.8 Å². The van der Waals surface area contributed by atoms with Crippen molar-refractivity contribution in [2.24, 2.45) is 0 Å². The molecule has 180 valence electrons. The van der Waals surface area contributed by atoms with E-state index in [2.05, 4.69) is 0 Å². The largest absolute Gasteiger partial charge is 0.446 e. The standard InChI is InChI=1S/C19H15F7N2O4S/c1-31-8-27(16-13(22)6-10(7-14(16)23)33-19(24,25)26)18(30)28(9-32-2)17(29)15-11(20)4-3-5-12(15)21/h3-7H,8-9H2,1-2H3. The first-order chi connectivity index (χ1) is 15.4. The topological polar surface area (TPSA) is 59.1 Å². The number of amides is 3. The summed E-state index contributed by atoms with van der Waals surface area (Å²) in [6.07, 6.45) is 0. The van der Waals surface area contributed by atoms with Crippen LogP contribution in [0.2, 0.25) is 0 Å². The van der Waals surface area contributed by atoms with Crippen LogP contribution < -0.4 is 4.90 Å². The highest BCUT2D eigenvalue weighted by Crippen LogP contribution is 2.39. The molecule has 0 aliphatic rings. The average molecular weight is 500 g/mol. The fourth-order valence-corrected chi connectivity index (χ4v) is 3.24. The molecule has 0 N–H and O–H groups in total. The Morgan fingerprint density at radius 3 is 1.88 bits per heavy atom. The Kier molecular flexibility index (Phi) is 8.69. The van der Waals surface area contributed by atoms with E-state index in [1.165, 1.54) is 0 Å². The molecule has 6 nitrogen and oxygen atoms in total. The highest BCUT2D eigenvalue weighted by Gasteiger charge is 2.35. The fraction of sp³-hybridized carbons (Fsp3) is 0.263. The lowest BCUT2D eigenvalue weighted by molar-refractivity contribution is -0.0328. The third kappa shape index (κ3) is 6.36. The first-order valence-corrected chi connectivity index (χ1v) is 9.53. The number of hydrogen-bond acceptors (Lipinski definition) is 5. The highest BCUT2D eigenvalue weighted by atomic mass is 32.2. The Bertz CT molecular complexity index is 992. The summed E-state index contributed by atoms with van der Waals surface area (Å²) in [6, 6.07) is 1.58. The monoisotopic (exact) mass is 500 g/mol. The molecule has 0 saturated heterocycles. The number of nitrogens with zero attached hydrogens (tertiary/aromatic N) is 2. The Morgan fingerprint density at radius 2 is 1.42 bits per heavy atom. The van der Waals surface area contributed by atoms with Crippen LogP contribution in [0.4, 0.5) is 41.2 Å². The van der Waals surface area contributed by atoms with Crippen molar-refractivity contribution in [2.45, 2.75) is 10.4 Å². The first kappa shape index (κ1) is 26.4. The fourth-order valence-electron chi connectivity index (χ4n) is 2.65. The van der Waals surface area contributed by atoms with E-state index in [-0.39, 0.29) is 9.80 Å². The van der Waals surface area contributed by atoms with Crippen molar-refractivity contribution in [3.8, 4) is 0 Å². The van der Waals surface area contributed by atoms with Gasteiger partial charge in [-0.2, -0.15) is 13.2 Å². The lowest BCUT2D eigenvalue weighted by Gasteiger charge is -2.29. The van der Waals surface area contributed by atoms with Crippen LogP contribution in [0.5, 0.6) is 0 Å². The van der Waals surface area contributed by atoms with Crippen LogP contribution in [-0.2, 0) is 9.47 Å². The number of halogens is 7. The SMILES string of the molecule is COCN(C(=O)c1c(F)cccc1F)C(=O)N(COC)c1c(F)cc(SC(F)(F)F)cc1F. The smallest absolute Gasteiger partial charge is 0.364 e. The average Bonchev–Trinajstić information content (AvgIpc) is 2.68. The van der Waals surface area contributed by atoms with Crippen molar-refractivity contribution >= 4 is 29.4 Å². The minimum absolute atomic E-state index is 0.137. The molecule has 0 heterocycles. The van der Waals surface area contributed by atoms with Gasteiger partial charge in [-0.1, -0.05) is 6.07 Å². The van der Waals surface area contributed by atoms with E-state index in [9.17, 15) is 40.3 Å². The molecule has 0 aliphatic carbocycles. The van der Waals surface area contributed by atoms with E-state index in [1.54, 1.807) is 0 Å². The van der Waals surface area contributed by atoms with Gasteiger partial charge in [-0.05, 0) is 36.0 Å². The molecular formula is C19H15F7N2O4S. The second kappa shape index (κ2) is 10.9. The summed E-state index contributed by atoms with van der Waals surface area (Å²) in [7, 11) is 2.04. The van der Waals surface area contributed by atoms with Gasteiger partial charge in [-0.3, -0.25) is 9.69 Å². The zero-order valence-electron chi connectivity index (χ0n) is 16.9. The molecule has 3 amide bonds. The summed E-state index contributed by atoms with van der Waals surface area (Å²) in [4.78, 5) is 25.2. The maximum Gasteiger partial charge on any atom is 0.446 e. The van der Waals surface area contributed by atoms with Gasteiger partial charge in [0.1, 0.15) is 36.3 Å². The zero-order chi connectivity index (χ0) is 24.9. The summed E-state index contributed by atoms with van der Waals surface area (Å²) in [6.45, 7) is -1.78. The van der Waals surface area contributed by atoms with E-state index in [0.717, 1.165) is 32.4 Å². The van der Waals surface area contributed by atoms with Crippen molar-refractivity contribution in [3.05, 3.63) is 59.2 Å². The van der Waals surface area contributed by atoms with Gasteiger partial charge in [0.15, 0.2) is 11.6 Å². The van der Waals surface area contributed by atoms with E-state index >= 15 is 0 Å². The van der Waals surface area contributed by atoms with Crippen LogP contribution in [0, 0.1) is 23.3 Å². The van der Waals surface area contributed by atoms with E-state index < -0.39 is 82.1 Å². The number of benzene rings is 2. The van der Waals surface area contributed by atoms with Crippen LogP contribution >= 0.6 is 11.8 Å². The molecule has 0 aliphatic heterocycles. The van der Waals surface area contributed by atoms with Crippen molar-refractivity contribution in [3.63, 3.8) is 0 Å². The van der Waals surface area contributed by atoms with Gasteiger partial charge in [-0.25, -0.2) is 27.3 Å². The third-order valence-corrected chi connectivity index (χ3v) is 4.60. The molecule has 0 bridgehead atoms. The van der Waals surface area contributed by atoms with Crippen LogP contribution in [0.25, 0.3) is 0 Å². The van der Waals surface area contributed by atoms with Gasteiger partial charge in [-0.15, -0.1) is 0 Å². The molecule has 0 aromatic heterocycles. The predicted octanol–water partition coefficient (Wildman–Crippen LogP) is 5.13. The second-order valence-corrected chi connectivity index (χ2v) is 7.30. The molecule has 14 heteroatoms. The van der Waals surface area contributed by atoms with E-state index in [1.807, 2.05) is 0 Å². The minimum atomic E-state index is -4.84. The Balaban J connectivity index is 2.52. The maximum absolute atomic E-state index is 14.6. The van der Waals surface area contributed by atoms with Gasteiger partial charge < -0.3 is 9.47 Å².